The largest absolute Gasteiger partial charge is 0.326 e. The highest BCUT2D eigenvalue weighted by atomic mass is 79.9. The van der Waals surface area contributed by atoms with Crippen LogP contribution in [-0.2, 0) is 4.79 Å². The van der Waals surface area contributed by atoms with Crippen molar-refractivity contribution in [1.29, 1.82) is 0 Å². The van der Waals surface area contributed by atoms with Crippen LogP contribution in [0.5, 0.6) is 0 Å². The second-order valence-electron chi connectivity index (χ2n) is 6.65. The zero-order valence-electron chi connectivity index (χ0n) is 15.2. The molecule has 0 radical (unpaired) electrons. The summed E-state index contributed by atoms with van der Waals surface area (Å²) < 4.78 is 0.977. The summed E-state index contributed by atoms with van der Waals surface area (Å²) in [6, 6.07) is 19.9. The maximum Gasteiger partial charge on any atom is 0.225 e. The third-order valence-corrected chi connectivity index (χ3v) is 6.14. The van der Waals surface area contributed by atoms with Gasteiger partial charge in [0.05, 0.1) is 0 Å². The first-order valence-electron chi connectivity index (χ1n) is 9.14. The number of aromatic nitrogens is 3. The number of amides is 1. The molecule has 1 aromatic heterocycles. The normalized spacial score (nSPS) is 11.5. The molecular formula is C22H15BrN4OS. The molecule has 3 aromatic carbocycles. The molecule has 5 nitrogen and oxygen atoms in total. The molecule has 1 heterocycles. The molecule has 0 spiro atoms. The molecule has 0 aliphatic heterocycles. The first-order chi connectivity index (χ1) is 14.2. The fourth-order valence-corrected chi connectivity index (χ4v) is 4.46. The van der Waals surface area contributed by atoms with Crippen LogP contribution in [0.25, 0.3) is 33.3 Å². The Morgan fingerprint density at radius 1 is 0.931 bits per heavy atom. The van der Waals surface area contributed by atoms with Gasteiger partial charge in [0, 0.05) is 38.8 Å². The predicted octanol–water partition coefficient (Wildman–Crippen LogP) is 5.56. The van der Waals surface area contributed by atoms with E-state index in [2.05, 4.69) is 55.7 Å². The van der Waals surface area contributed by atoms with E-state index in [1.54, 1.807) is 0 Å². The van der Waals surface area contributed by atoms with E-state index in [9.17, 15) is 4.79 Å². The Balaban J connectivity index is 1.28. The van der Waals surface area contributed by atoms with Crippen molar-refractivity contribution in [2.24, 2.45) is 0 Å². The van der Waals surface area contributed by atoms with Gasteiger partial charge in [-0.05, 0) is 29.7 Å². The van der Waals surface area contributed by atoms with E-state index in [-0.39, 0.29) is 5.91 Å². The Bertz CT molecular complexity index is 1240. The van der Waals surface area contributed by atoms with Crippen LogP contribution in [0.2, 0.25) is 0 Å². The second kappa shape index (κ2) is 7.57. The highest BCUT2D eigenvalue weighted by Gasteiger charge is 2.24. The molecule has 0 bridgehead atoms. The number of anilines is 1. The number of hydrogen-bond acceptors (Lipinski definition) is 5. The van der Waals surface area contributed by atoms with Gasteiger partial charge < -0.3 is 5.32 Å². The number of fused-ring (bicyclic) bond motifs is 3. The molecule has 0 saturated heterocycles. The van der Waals surface area contributed by atoms with Gasteiger partial charge in [-0.1, -0.05) is 64.1 Å². The van der Waals surface area contributed by atoms with Crippen molar-refractivity contribution in [2.45, 2.75) is 11.6 Å². The van der Waals surface area contributed by atoms with Crippen LogP contribution < -0.4 is 5.32 Å². The van der Waals surface area contributed by atoms with Gasteiger partial charge in [-0.25, -0.2) is 4.98 Å². The van der Waals surface area contributed by atoms with E-state index in [0.29, 0.717) is 17.3 Å². The molecule has 0 atom stereocenters. The quantitative estimate of drug-likeness (QED) is 0.346. The highest BCUT2D eigenvalue weighted by molar-refractivity contribution is 9.10. The molecular weight excluding hydrogens is 448 g/mol. The fourth-order valence-electron chi connectivity index (χ4n) is 3.47. The van der Waals surface area contributed by atoms with E-state index in [1.807, 2.05) is 36.4 Å². The molecule has 0 saturated carbocycles. The van der Waals surface area contributed by atoms with E-state index in [1.165, 1.54) is 22.5 Å². The van der Waals surface area contributed by atoms with Crippen LogP contribution in [0.15, 0.2) is 70.3 Å². The number of carbonyl (C=O) groups is 1. The molecule has 0 unspecified atom stereocenters. The lowest BCUT2D eigenvalue weighted by Gasteiger charge is -2.05. The molecule has 1 amide bonds. The van der Waals surface area contributed by atoms with Crippen LogP contribution >= 0.6 is 27.7 Å². The van der Waals surface area contributed by atoms with Crippen molar-refractivity contribution in [3.8, 4) is 22.5 Å². The molecule has 5 rings (SSSR count). The molecule has 1 aliphatic rings. The molecule has 29 heavy (non-hydrogen) atoms. The monoisotopic (exact) mass is 462 g/mol. The fraction of sp³-hybridized carbons (Fsp3) is 0.0909. The highest BCUT2D eigenvalue weighted by Crippen LogP contribution is 2.44. The maximum absolute atomic E-state index is 12.2. The standard InChI is InChI=1S/C22H15BrN4OS/c23-14-7-9-15(10-8-14)24-18(28)11-12-29-22-25-20-16-5-1-3-13-4-2-6-17(19(13)16)21(20)26-27-22/h1-10H,11-12H2,(H,24,28). The summed E-state index contributed by atoms with van der Waals surface area (Å²) in [6.45, 7) is 0. The summed E-state index contributed by atoms with van der Waals surface area (Å²) in [4.78, 5) is 16.9. The van der Waals surface area contributed by atoms with Gasteiger partial charge in [0.1, 0.15) is 11.4 Å². The smallest absolute Gasteiger partial charge is 0.225 e. The number of benzene rings is 3. The number of nitrogens with one attached hydrogen (secondary N) is 1. The molecule has 7 heteroatoms. The van der Waals surface area contributed by atoms with Crippen LogP contribution in [0.4, 0.5) is 5.69 Å². The average molecular weight is 463 g/mol. The lowest BCUT2D eigenvalue weighted by Crippen LogP contribution is -2.12. The van der Waals surface area contributed by atoms with Crippen LogP contribution in [0, 0.1) is 0 Å². The number of thioether (sulfide) groups is 1. The van der Waals surface area contributed by atoms with Crippen molar-refractivity contribution >= 4 is 50.1 Å². The lowest BCUT2D eigenvalue weighted by molar-refractivity contribution is -0.115. The molecule has 142 valence electrons. The second-order valence-corrected chi connectivity index (χ2v) is 8.63. The first kappa shape index (κ1) is 18.3. The lowest BCUT2D eigenvalue weighted by atomic mass is 10.0. The van der Waals surface area contributed by atoms with E-state index in [0.717, 1.165) is 32.7 Å². The number of rotatable bonds is 5. The van der Waals surface area contributed by atoms with Gasteiger partial charge in [-0.3, -0.25) is 4.79 Å². The Morgan fingerprint density at radius 3 is 2.41 bits per heavy atom. The Morgan fingerprint density at radius 2 is 1.66 bits per heavy atom. The van der Waals surface area contributed by atoms with Crippen LogP contribution in [0.3, 0.4) is 0 Å². The molecule has 1 aliphatic carbocycles. The van der Waals surface area contributed by atoms with Crippen molar-refractivity contribution in [3.05, 3.63) is 65.1 Å². The minimum absolute atomic E-state index is 0.0360. The number of halogens is 1. The summed E-state index contributed by atoms with van der Waals surface area (Å²) in [5.74, 6) is 0.547. The van der Waals surface area contributed by atoms with Crippen molar-refractivity contribution in [3.63, 3.8) is 0 Å². The first-order valence-corrected chi connectivity index (χ1v) is 10.9. The third kappa shape index (κ3) is 3.52. The van der Waals surface area contributed by atoms with E-state index in [4.69, 9.17) is 4.98 Å². The Hall–Kier alpha value is -2.77. The zero-order valence-corrected chi connectivity index (χ0v) is 17.6. The van der Waals surface area contributed by atoms with Gasteiger partial charge in [-0.2, -0.15) is 0 Å². The average Bonchev–Trinajstić information content (AvgIpc) is 3.05. The topological polar surface area (TPSA) is 67.8 Å². The Kier molecular flexibility index (Phi) is 4.77. The van der Waals surface area contributed by atoms with E-state index >= 15 is 0 Å². The minimum Gasteiger partial charge on any atom is -0.326 e. The van der Waals surface area contributed by atoms with Gasteiger partial charge in [0.15, 0.2) is 0 Å². The summed E-state index contributed by atoms with van der Waals surface area (Å²) in [5, 5.41) is 14.6. The zero-order chi connectivity index (χ0) is 19.8. The molecule has 1 N–H and O–H groups in total. The van der Waals surface area contributed by atoms with Crippen molar-refractivity contribution in [1.82, 2.24) is 15.2 Å². The minimum atomic E-state index is -0.0360. The molecule has 0 fully saturated rings. The van der Waals surface area contributed by atoms with Crippen molar-refractivity contribution in [2.75, 3.05) is 11.1 Å². The Labute approximate surface area is 180 Å². The number of carbonyl (C=O) groups excluding carboxylic acids is 1. The van der Waals surface area contributed by atoms with Crippen LogP contribution in [0.1, 0.15) is 6.42 Å². The van der Waals surface area contributed by atoms with E-state index < -0.39 is 0 Å². The SMILES string of the molecule is O=C(CCSc1nnc2c(n1)-c1cccc3cccc-2c13)Nc1ccc(Br)cc1. The summed E-state index contributed by atoms with van der Waals surface area (Å²) in [7, 11) is 0. The summed E-state index contributed by atoms with van der Waals surface area (Å²) in [5.41, 5.74) is 4.66. The van der Waals surface area contributed by atoms with Crippen LogP contribution in [-0.4, -0.2) is 26.8 Å². The maximum atomic E-state index is 12.2. The predicted molar refractivity (Wildman–Crippen MR) is 120 cm³/mol. The summed E-state index contributed by atoms with van der Waals surface area (Å²) >= 11 is 4.83. The van der Waals surface area contributed by atoms with Crippen molar-refractivity contribution < 1.29 is 4.79 Å². The summed E-state index contributed by atoms with van der Waals surface area (Å²) in [6.07, 6.45) is 0.372. The number of nitrogens with zero attached hydrogens (tertiary/aromatic N) is 3. The molecule has 4 aromatic rings. The van der Waals surface area contributed by atoms with Gasteiger partial charge >= 0.3 is 0 Å². The number of hydrogen-bond donors (Lipinski definition) is 1. The van der Waals surface area contributed by atoms with Gasteiger partial charge in [0.2, 0.25) is 11.1 Å². The third-order valence-electron chi connectivity index (χ3n) is 4.77. The van der Waals surface area contributed by atoms with Gasteiger partial charge in [0.25, 0.3) is 0 Å². The van der Waals surface area contributed by atoms with Gasteiger partial charge in [-0.15, -0.1) is 10.2 Å².